The first kappa shape index (κ1) is 10.3. The predicted molar refractivity (Wildman–Crippen MR) is 53.2 cm³/mol. The highest BCUT2D eigenvalue weighted by Gasteiger charge is 2.09. The molecule has 7 heteroatoms. The van der Waals surface area contributed by atoms with Gasteiger partial charge in [-0.3, -0.25) is 9.98 Å². The number of nitrogens with zero attached hydrogens (tertiary/aromatic N) is 2. The van der Waals surface area contributed by atoms with Crippen molar-refractivity contribution in [2.24, 2.45) is 4.99 Å². The topological polar surface area (TPSA) is 98.0 Å². The van der Waals surface area contributed by atoms with Crippen molar-refractivity contribution < 1.29 is 0 Å². The zero-order chi connectivity index (χ0) is 10.6. The second-order valence-corrected chi connectivity index (χ2v) is 2.75. The molecule has 1 heterocycles. The largest absolute Gasteiger partial charge is 0.359 e. The fourth-order valence-electron chi connectivity index (χ4n) is 1.01. The number of aromatic nitrogens is 3. The molecule has 0 aliphatic heterocycles. The van der Waals surface area contributed by atoms with E-state index < -0.39 is 0 Å². The molecule has 4 N–H and O–H groups in total. The summed E-state index contributed by atoms with van der Waals surface area (Å²) < 4.78 is 0. The number of H-pyrrole nitrogens is 2. The van der Waals surface area contributed by atoms with Gasteiger partial charge in [0.05, 0.1) is 6.04 Å². The Morgan fingerprint density at radius 1 is 1.64 bits per heavy atom. The van der Waals surface area contributed by atoms with Gasteiger partial charge in [-0.25, -0.2) is 9.89 Å². The van der Waals surface area contributed by atoms with E-state index in [9.17, 15) is 4.79 Å². The van der Waals surface area contributed by atoms with Crippen LogP contribution in [-0.2, 0) is 0 Å². The van der Waals surface area contributed by atoms with Gasteiger partial charge >= 0.3 is 5.69 Å². The first-order valence-corrected chi connectivity index (χ1v) is 4.23. The van der Waals surface area contributed by atoms with Crippen molar-refractivity contribution in [2.75, 3.05) is 14.1 Å². The highest BCUT2D eigenvalue weighted by Crippen LogP contribution is 2.01. The van der Waals surface area contributed by atoms with Gasteiger partial charge in [0.2, 0.25) is 0 Å². The number of hydrogen-bond donors (Lipinski definition) is 4. The van der Waals surface area contributed by atoms with Crippen LogP contribution in [0.4, 0.5) is 0 Å². The van der Waals surface area contributed by atoms with Crippen LogP contribution in [0.2, 0.25) is 0 Å². The van der Waals surface area contributed by atoms with Crippen LogP contribution in [0.5, 0.6) is 0 Å². The molecule has 7 nitrogen and oxygen atoms in total. The third-order valence-corrected chi connectivity index (χ3v) is 1.74. The van der Waals surface area contributed by atoms with E-state index in [2.05, 4.69) is 30.8 Å². The summed E-state index contributed by atoms with van der Waals surface area (Å²) in [6.45, 7) is 1.87. The van der Waals surface area contributed by atoms with Gasteiger partial charge in [-0.05, 0) is 6.92 Å². The van der Waals surface area contributed by atoms with Crippen molar-refractivity contribution in [2.45, 2.75) is 13.0 Å². The molecule has 0 aromatic carbocycles. The van der Waals surface area contributed by atoms with E-state index in [1.165, 1.54) is 0 Å². The van der Waals surface area contributed by atoms with Gasteiger partial charge in [0.15, 0.2) is 11.8 Å². The van der Waals surface area contributed by atoms with Gasteiger partial charge in [0.1, 0.15) is 0 Å². The van der Waals surface area contributed by atoms with Crippen molar-refractivity contribution >= 4 is 5.96 Å². The number of nitrogens with one attached hydrogen (secondary N) is 4. The Hall–Kier alpha value is -1.79. The lowest BCUT2D eigenvalue weighted by molar-refractivity contribution is 0.653. The monoisotopic (exact) mass is 198 g/mol. The fourth-order valence-corrected chi connectivity index (χ4v) is 1.01. The average molecular weight is 198 g/mol. The molecule has 0 aliphatic carbocycles. The molecule has 78 valence electrons. The third-order valence-electron chi connectivity index (χ3n) is 1.74. The summed E-state index contributed by atoms with van der Waals surface area (Å²) in [4.78, 5) is 17.3. The Balaban J connectivity index is 2.67. The van der Waals surface area contributed by atoms with E-state index in [-0.39, 0.29) is 11.7 Å². The maximum Gasteiger partial charge on any atom is 0.340 e. The average Bonchev–Trinajstić information content (AvgIpc) is 2.61. The van der Waals surface area contributed by atoms with Gasteiger partial charge in [0.25, 0.3) is 0 Å². The summed E-state index contributed by atoms with van der Waals surface area (Å²) in [7, 11) is 3.42. The van der Waals surface area contributed by atoms with Crippen molar-refractivity contribution in [3.63, 3.8) is 0 Å². The summed E-state index contributed by atoms with van der Waals surface area (Å²) in [6, 6.07) is -0.111. The number of aliphatic imine (C=N–C) groups is 1. The molecule has 0 bridgehead atoms. The summed E-state index contributed by atoms with van der Waals surface area (Å²) >= 11 is 0. The van der Waals surface area contributed by atoms with Crippen LogP contribution in [0.1, 0.15) is 18.8 Å². The summed E-state index contributed by atoms with van der Waals surface area (Å²) in [5.41, 5.74) is -0.312. The number of hydrogen-bond acceptors (Lipinski definition) is 3. The lowest BCUT2D eigenvalue weighted by Gasteiger charge is -2.13. The molecular weight excluding hydrogens is 184 g/mol. The Morgan fingerprint density at radius 2 is 2.36 bits per heavy atom. The molecule has 1 atom stereocenters. The zero-order valence-electron chi connectivity index (χ0n) is 8.38. The molecular formula is C7H14N6O. The number of guanidine groups is 1. The SMILES string of the molecule is CN=C(NC)NC(C)c1n[nH]c(=O)[nH]1. The second kappa shape index (κ2) is 4.45. The Morgan fingerprint density at radius 3 is 2.79 bits per heavy atom. The van der Waals surface area contributed by atoms with Crippen molar-refractivity contribution in [3.05, 3.63) is 16.3 Å². The Labute approximate surface area is 81.0 Å². The van der Waals surface area contributed by atoms with Crippen LogP contribution in [0.25, 0.3) is 0 Å². The number of aromatic amines is 2. The predicted octanol–water partition coefficient (Wildman–Crippen LogP) is -1.05. The molecule has 1 aromatic heterocycles. The van der Waals surface area contributed by atoms with Gasteiger partial charge < -0.3 is 10.6 Å². The van der Waals surface area contributed by atoms with Crippen molar-refractivity contribution in [3.8, 4) is 0 Å². The zero-order valence-corrected chi connectivity index (χ0v) is 8.38. The van der Waals surface area contributed by atoms with Crippen LogP contribution in [0, 0.1) is 0 Å². The van der Waals surface area contributed by atoms with Crippen molar-refractivity contribution in [1.82, 2.24) is 25.8 Å². The molecule has 0 saturated carbocycles. The quantitative estimate of drug-likeness (QED) is 0.360. The lowest BCUT2D eigenvalue weighted by atomic mass is 10.3. The molecule has 1 aromatic rings. The van der Waals surface area contributed by atoms with Gasteiger partial charge in [-0.2, -0.15) is 5.10 Å². The minimum absolute atomic E-state index is 0.111. The number of rotatable bonds is 2. The van der Waals surface area contributed by atoms with Crippen LogP contribution in [-0.4, -0.2) is 35.2 Å². The summed E-state index contributed by atoms with van der Waals surface area (Å²) in [5.74, 6) is 1.19. The molecule has 0 amide bonds. The van der Waals surface area contributed by atoms with Crippen molar-refractivity contribution in [1.29, 1.82) is 0 Å². The summed E-state index contributed by atoms with van der Waals surface area (Å²) in [6.07, 6.45) is 0. The minimum atomic E-state index is -0.312. The highest BCUT2D eigenvalue weighted by atomic mass is 16.1. The smallest absolute Gasteiger partial charge is 0.340 e. The molecule has 14 heavy (non-hydrogen) atoms. The van der Waals surface area contributed by atoms with Crippen LogP contribution in [0.3, 0.4) is 0 Å². The van der Waals surface area contributed by atoms with Gasteiger partial charge in [-0.15, -0.1) is 0 Å². The molecule has 0 aliphatic rings. The normalized spacial score (nSPS) is 13.8. The van der Waals surface area contributed by atoms with E-state index in [0.717, 1.165) is 0 Å². The maximum atomic E-state index is 10.8. The maximum absolute atomic E-state index is 10.8. The van der Waals surface area contributed by atoms with E-state index in [1.807, 2.05) is 6.92 Å². The Kier molecular flexibility index (Phi) is 3.27. The lowest BCUT2D eigenvalue weighted by Crippen LogP contribution is -2.36. The first-order valence-electron chi connectivity index (χ1n) is 4.23. The fraction of sp³-hybridized carbons (Fsp3) is 0.571. The third kappa shape index (κ3) is 2.35. The summed E-state index contributed by atoms with van der Waals surface area (Å²) in [5, 5.41) is 12.0. The van der Waals surface area contributed by atoms with Crippen LogP contribution < -0.4 is 16.3 Å². The second-order valence-electron chi connectivity index (χ2n) is 2.75. The molecule has 0 spiro atoms. The standard InChI is InChI=1S/C7H14N6O/c1-4(10-6(8-2)9-3)5-11-7(14)13-12-5/h4H,1-3H3,(H2,8,9,10)(H2,11,12,13,14). The molecule has 1 rings (SSSR count). The van der Waals surface area contributed by atoms with E-state index in [1.54, 1.807) is 14.1 Å². The molecule has 0 radical (unpaired) electrons. The van der Waals surface area contributed by atoms with Crippen LogP contribution in [0.15, 0.2) is 9.79 Å². The molecule has 0 saturated heterocycles. The van der Waals surface area contributed by atoms with Gasteiger partial charge in [-0.1, -0.05) is 0 Å². The van der Waals surface area contributed by atoms with E-state index in [0.29, 0.717) is 11.8 Å². The molecule has 1 unspecified atom stereocenters. The Bertz CT molecular complexity index is 364. The molecule has 0 fully saturated rings. The first-order chi connectivity index (χ1) is 6.67. The minimum Gasteiger partial charge on any atom is -0.359 e. The van der Waals surface area contributed by atoms with E-state index >= 15 is 0 Å². The highest BCUT2D eigenvalue weighted by molar-refractivity contribution is 5.79. The van der Waals surface area contributed by atoms with Gasteiger partial charge in [0, 0.05) is 14.1 Å². The van der Waals surface area contributed by atoms with Crippen LogP contribution >= 0.6 is 0 Å². The van der Waals surface area contributed by atoms with E-state index in [4.69, 9.17) is 0 Å².